The van der Waals surface area contributed by atoms with Crippen molar-refractivity contribution in [2.75, 3.05) is 45.8 Å². The van der Waals surface area contributed by atoms with E-state index in [4.69, 9.17) is 14.2 Å². The number of ketones is 1. The van der Waals surface area contributed by atoms with E-state index >= 15 is 0 Å². The number of hydrogen-bond donors (Lipinski definition) is 1. The highest BCUT2D eigenvalue weighted by molar-refractivity contribution is 6.19. The van der Waals surface area contributed by atoms with E-state index in [2.05, 4.69) is 5.32 Å². The van der Waals surface area contributed by atoms with Crippen LogP contribution in [-0.4, -0.2) is 57.1 Å². The third kappa shape index (κ3) is 4.96. The van der Waals surface area contributed by atoms with Gasteiger partial charge in [0, 0.05) is 6.54 Å². The van der Waals surface area contributed by atoms with Gasteiger partial charge in [0.15, 0.2) is 12.2 Å². The normalized spacial score (nSPS) is 13.9. The molecule has 1 aromatic carbocycles. The number of carbonyl (C=O) groups is 2. The van der Waals surface area contributed by atoms with Crippen LogP contribution in [0, 0.1) is 6.92 Å². The van der Waals surface area contributed by atoms with Crippen LogP contribution in [-0.2, 0) is 19.1 Å². The summed E-state index contributed by atoms with van der Waals surface area (Å²) in [7, 11) is 3.93. The number of nitrogens with zero attached hydrogens (tertiary/aromatic N) is 1. The minimum absolute atomic E-state index is 0.0957. The maximum absolute atomic E-state index is 12.0. The Morgan fingerprint density at radius 2 is 2.12 bits per heavy atom. The van der Waals surface area contributed by atoms with Crippen molar-refractivity contribution >= 4 is 17.4 Å². The van der Waals surface area contributed by atoms with Gasteiger partial charge in [-0.25, -0.2) is 4.79 Å². The number of nitrogens with one attached hydrogen (secondary N) is 1. The van der Waals surface area contributed by atoms with Crippen LogP contribution in [0.5, 0.6) is 5.75 Å². The van der Waals surface area contributed by atoms with Crippen molar-refractivity contribution in [2.45, 2.75) is 13.8 Å². The summed E-state index contributed by atoms with van der Waals surface area (Å²) in [4.78, 5) is 25.9. The Kier molecular flexibility index (Phi) is 6.41. The highest BCUT2D eigenvalue weighted by Gasteiger charge is 2.32. The van der Waals surface area contributed by atoms with Crippen LogP contribution in [0.25, 0.3) is 0 Å². The fraction of sp³-hybridized carbons (Fsp3) is 0.444. The van der Waals surface area contributed by atoms with Crippen LogP contribution in [0.4, 0.5) is 5.69 Å². The number of carbonyl (C=O) groups excluding carboxylic acids is 2. The van der Waals surface area contributed by atoms with Gasteiger partial charge in [-0.3, -0.25) is 4.79 Å². The molecular formula is C18H24N2O5. The van der Waals surface area contributed by atoms with Crippen LogP contribution in [0.15, 0.2) is 29.7 Å². The number of Topliss-reactive ketones (excluding diaryl/α,β-unsaturated/α-hetero) is 1. The molecule has 7 heteroatoms. The zero-order chi connectivity index (χ0) is 18.4. The fourth-order valence-electron chi connectivity index (χ4n) is 2.23. The Morgan fingerprint density at radius 3 is 2.80 bits per heavy atom. The van der Waals surface area contributed by atoms with Crippen molar-refractivity contribution in [3.63, 3.8) is 0 Å². The maximum atomic E-state index is 12.0. The summed E-state index contributed by atoms with van der Waals surface area (Å²) in [6, 6.07) is 5.62. The minimum Gasteiger partial charge on any atom is -0.490 e. The van der Waals surface area contributed by atoms with Gasteiger partial charge in [-0.15, -0.1) is 0 Å². The van der Waals surface area contributed by atoms with Crippen molar-refractivity contribution in [1.82, 2.24) is 4.90 Å². The second kappa shape index (κ2) is 8.53. The summed E-state index contributed by atoms with van der Waals surface area (Å²) in [6.45, 7) is 4.92. The van der Waals surface area contributed by atoms with E-state index in [0.717, 1.165) is 12.1 Å². The van der Waals surface area contributed by atoms with E-state index in [1.807, 2.05) is 44.1 Å². The van der Waals surface area contributed by atoms with Crippen LogP contribution in [0.1, 0.15) is 12.5 Å². The Labute approximate surface area is 147 Å². The molecule has 2 rings (SSSR count). The van der Waals surface area contributed by atoms with Gasteiger partial charge in [0.05, 0.1) is 12.3 Å². The van der Waals surface area contributed by atoms with E-state index in [9.17, 15) is 9.59 Å². The summed E-state index contributed by atoms with van der Waals surface area (Å²) >= 11 is 0. The molecule has 0 bridgehead atoms. The highest BCUT2D eigenvalue weighted by Crippen LogP contribution is 2.29. The molecule has 1 N–H and O–H groups in total. The minimum atomic E-state index is -0.685. The van der Waals surface area contributed by atoms with Crippen LogP contribution in [0.2, 0.25) is 0 Å². The first-order chi connectivity index (χ1) is 11.9. The molecule has 136 valence electrons. The van der Waals surface area contributed by atoms with Gasteiger partial charge in [0.2, 0.25) is 11.7 Å². The number of likely N-dealkylation sites (N-methyl/N-ethyl adjacent to an activating group) is 1. The first-order valence-corrected chi connectivity index (χ1v) is 8.15. The molecule has 0 spiro atoms. The number of esters is 1. The first-order valence-electron chi connectivity index (χ1n) is 8.15. The zero-order valence-corrected chi connectivity index (χ0v) is 15.0. The van der Waals surface area contributed by atoms with Gasteiger partial charge in [-0.1, -0.05) is 6.07 Å². The number of benzene rings is 1. The molecule has 7 nitrogen and oxygen atoms in total. The van der Waals surface area contributed by atoms with Gasteiger partial charge in [0.1, 0.15) is 12.4 Å². The summed E-state index contributed by atoms with van der Waals surface area (Å²) in [5, 5.41) is 2.99. The molecular weight excluding hydrogens is 324 g/mol. The average molecular weight is 348 g/mol. The number of rotatable bonds is 8. The van der Waals surface area contributed by atoms with Crippen LogP contribution >= 0.6 is 0 Å². The number of anilines is 1. The number of ether oxygens (including phenoxy) is 3. The molecule has 0 fully saturated rings. The van der Waals surface area contributed by atoms with Crippen molar-refractivity contribution in [1.29, 1.82) is 0 Å². The zero-order valence-electron chi connectivity index (χ0n) is 15.0. The third-order valence-corrected chi connectivity index (χ3v) is 3.51. The van der Waals surface area contributed by atoms with Crippen LogP contribution in [0.3, 0.4) is 0 Å². The second-order valence-electron chi connectivity index (χ2n) is 5.91. The second-order valence-corrected chi connectivity index (χ2v) is 5.91. The molecule has 1 aliphatic heterocycles. The lowest BCUT2D eigenvalue weighted by atomic mass is 10.2. The topological polar surface area (TPSA) is 77.1 Å². The van der Waals surface area contributed by atoms with Crippen molar-refractivity contribution in [2.24, 2.45) is 0 Å². The van der Waals surface area contributed by atoms with Gasteiger partial charge >= 0.3 is 5.97 Å². The van der Waals surface area contributed by atoms with Gasteiger partial charge < -0.3 is 24.4 Å². The molecule has 0 aliphatic carbocycles. The van der Waals surface area contributed by atoms with Crippen molar-refractivity contribution in [3.8, 4) is 5.75 Å². The highest BCUT2D eigenvalue weighted by atomic mass is 16.5. The molecule has 0 atom stereocenters. The molecule has 0 aromatic heterocycles. The molecule has 1 aromatic rings. The lowest BCUT2D eigenvalue weighted by molar-refractivity contribution is -0.139. The summed E-state index contributed by atoms with van der Waals surface area (Å²) in [5.41, 5.74) is 1.56. The molecule has 0 amide bonds. The number of hydrogen-bond acceptors (Lipinski definition) is 7. The molecule has 1 aliphatic rings. The van der Waals surface area contributed by atoms with E-state index in [1.54, 1.807) is 6.92 Å². The standard InChI is InChI=1S/C18H24N2O5/c1-5-23-18(22)16-14(21)11-25-17(16)19-13-7-6-12(2)10-15(13)24-9-8-20(3)4/h6-7,10,19H,5,8-9,11H2,1-4H3. The third-order valence-electron chi connectivity index (χ3n) is 3.51. The fourth-order valence-corrected chi connectivity index (χ4v) is 2.23. The van der Waals surface area contributed by atoms with E-state index in [0.29, 0.717) is 18.0 Å². The molecule has 0 unspecified atom stereocenters. The van der Waals surface area contributed by atoms with Gasteiger partial charge in [-0.2, -0.15) is 0 Å². The maximum Gasteiger partial charge on any atom is 0.347 e. The monoisotopic (exact) mass is 348 g/mol. The van der Waals surface area contributed by atoms with Gasteiger partial charge in [-0.05, 0) is 45.6 Å². The number of aryl methyl sites for hydroxylation is 1. The van der Waals surface area contributed by atoms with Crippen molar-refractivity contribution < 1.29 is 23.8 Å². The Bertz CT molecular complexity index is 682. The molecule has 1 heterocycles. The quantitative estimate of drug-likeness (QED) is 0.566. The SMILES string of the molecule is CCOC(=O)C1=C(Nc2ccc(C)cc2OCCN(C)C)OCC1=O. The van der Waals surface area contributed by atoms with Gasteiger partial charge in [0.25, 0.3) is 0 Å². The lowest BCUT2D eigenvalue weighted by Crippen LogP contribution is -2.20. The molecule has 0 radical (unpaired) electrons. The Hall–Kier alpha value is -2.54. The van der Waals surface area contributed by atoms with E-state index in [1.165, 1.54) is 0 Å². The Morgan fingerprint density at radius 1 is 1.36 bits per heavy atom. The Balaban J connectivity index is 2.23. The smallest absolute Gasteiger partial charge is 0.347 e. The van der Waals surface area contributed by atoms with Crippen LogP contribution < -0.4 is 10.1 Å². The summed E-state index contributed by atoms with van der Waals surface area (Å²) < 4.78 is 16.1. The molecule has 25 heavy (non-hydrogen) atoms. The lowest BCUT2D eigenvalue weighted by Gasteiger charge is -2.16. The first kappa shape index (κ1) is 18.8. The summed E-state index contributed by atoms with van der Waals surface area (Å²) in [6.07, 6.45) is 0. The van der Waals surface area contributed by atoms with E-state index in [-0.39, 0.29) is 24.7 Å². The predicted molar refractivity (Wildman–Crippen MR) is 93.5 cm³/mol. The summed E-state index contributed by atoms with van der Waals surface area (Å²) in [5.74, 6) is -0.358. The predicted octanol–water partition coefficient (Wildman–Crippen LogP) is 1.72. The van der Waals surface area contributed by atoms with Crippen molar-refractivity contribution in [3.05, 3.63) is 35.2 Å². The van der Waals surface area contributed by atoms with E-state index < -0.39 is 11.8 Å². The molecule has 0 saturated heterocycles. The largest absolute Gasteiger partial charge is 0.490 e. The average Bonchev–Trinajstić information content (AvgIpc) is 2.90. The molecule has 0 saturated carbocycles.